The SMILES string of the molecule is CCCCCC(I)C(F)(F)F. The van der Waals surface area contributed by atoms with Gasteiger partial charge in [0, 0.05) is 0 Å². The molecule has 0 aliphatic rings. The van der Waals surface area contributed by atoms with Crippen molar-refractivity contribution in [2.75, 3.05) is 0 Å². The number of unbranched alkanes of at least 4 members (excludes halogenated alkanes) is 2. The fraction of sp³-hybridized carbons (Fsp3) is 1.00. The first-order chi connectivity index (χ1) is 4.98. The van der Waals surface area contributed by atoms with Crippen molar-refractivity contribution in [1.29, 1.82) is 0 Å². The van der Waals surface area contributed by atoms with Gasteiger partial charge in [0.25, 0.3) is 0 Å². The summed E-state index contributed by atoms with van der Waals surface area (Å²) in [5.74, 6) is 0. The van der Waals surface area contributed by atoms with Gasteiger partial charge in [-0.05, 0) is 6.42 Å². The van der Waals surface area contributed by atoms with Gasteiger partial charge in [-0.1, -0.05) is 48.8 Å². The van der Waals surface area contributed by atoms with Crippen LogP contribution in [0.25, 0.3) is 0 Å². The maximum absolute atomic E-state index is 11.9. The highest BCUT2D eigenvalue weighted by Gasteiger charge is 2.36. The van der Waals surface area contributed by atoms with Gasteiger partial charge in [0.05, 0.1) is 0 Å². The monoisotopic (exact) mass is 280 g/mol. The molecule has 4 heteroatoms. The lowest BCUT2D eigenvalue weighted by atomic mass is 10.1. The fourth-order valence-electron chi connectivity index (χ4n) is 0.737. The lowest BCUT2D eigenvalue weighted by molar-refractivity contribution is -0.126. The van der Waals surface area contributed by atoms with Gasteiger partial charge in [-0.15, -0.1) is 0 Å². The van der Waals surface area contributed by atoms with Crippen molar-refractivity contribution in [3.05, 3.63) is 0 Å². The van der Waals surface area contributed by atoms with Crippen LogP contribution in [0.15, 0.2) is 0 Å². The molecular weight excluding hydrogens is 268 g/mol. The van der Waals surface area contributed by atoms with Crippen LogP contribution in [0.3, 0.4) is 0 Å². The number of alkyl halides is 4. The zero-order valence-corrected chi connectivity index (χ0v) is 8.58. The molecule has 0 aromatic rings. The van der Waals surface area contributed by atoms with Crippen molar-refractivity contribution in [2.45, 2.75) is 42.7 Å². The van der Waals surface area contributed by atoms with E-state index in [-0.39, 0.29) is 6.42 Å². The zero-order valence-electron chi connectivity index (χ0n) is 6.42. The summed E-state index contributed by atoms with van der Waals surface area (Å²) in [6, 6.07) is 0. The molecule has 0 aromatic carbocycles. The third-order valence-corrected chi connectivity index (χ3v) is 2.75. The molecule has 0 nitrogen and oxygen atoms in total. The Balaban J connectivity index is 3.44. The van der Waals surface area contributed by atoms with Crippen LogP contribution in [0.1, 0.15) is 32.6 Å². The van der Waals surface area contributed by atoms with E-state index < -0.39 is 10.1 Å². The van der Waals surface area contributed by atoms with Crippen LogP contribution in [-0.2, 0) is 0 Å². The number of hydrogen-bond donors (Lipinski definition) is 0. The largest absolute Gasteiger partial charge is 0.400 e. The van der Waals surface area contributed by atoms with Crippen molar-refractivity contribution in [3.8, 4) is 0 Å². The fourth-order valence-corrected chi connectivity index (χ4v) is 1.18. The zero-order chi connectivity index (χ0) is 8.91. The lowest BCUT2D eigenvalue weighted by Gasteiger charge is -2.12. The molecule has 0 aliphatic heterocycles. The van der Waals surface area contributed by atoms with Gasteiger partial charge in [-0.3, -0.25) is 0 Å². The maximum Gasteiger partial charge on any atom is 0.400 e. The molecule has 0 aromatic heterocycles. The summed E-state index contributed by atoms with van der Waals surface area (Å²) in [6.07, 6.45) is -1.19. The molecule has 0 saturated heterocycles. The Labute approximate surface area is 78.7 Å². The van der Waals surface area contributed by atoms with Crippen LogP contribution >= 0.6 is 22.6 Å². The Morgan fingerprint density at radius 2 is 1.82 bits per heavy atom. The van der Waals surface area contributed by atoms with Gasteiger partial charge in [-0.2, -0.15) is 13.2 Å². The first-order valence-corrected chi connectivity index (χ1v) is 4.93. The van der Waals surface area contributed by atoms with E-state index in [1.807, 2.05) is 6.92 Å². The quantitative estimate of drug-likeness (QED) is 0.416. The van der Waals surface area contributed by atoms with E-state index in [0.29, 0.717) is 6.42 Å². The molecule has 0 bridgehead atoms. The summed E-state index contributed by atoms with van der Waals surface area (Å²) in [7, 11) is 0. The van der Waals surface area contributed by atoms with E-state index in [9.17, 15) is 13.2 Å². The summed E-state index contributed by atoms with van der Waals surface area (Å²) in [6.45, 7) is 1.98. The van der Waals surface area contributed by atoms with E-state index in [1.54, 1.807) is 0 Å². The van der Waals surface area contributed by atoms with Gasteiger partial charge < -0.3 is 0 Å². The molecule has 0 radical (unpaired) electrons. The van der Waals surface area contributed by atoms with Crippen molar-refractivity contribution >= 4 is 22.6 Å². The van der Waals surface area contributed by atoms with Crippen LogP contribution in [0, 0.1) is 0 Å². The summed E-state index contributed by atoms with van der Waals surface area (Å²) < 4.78 is 34.4. The normalized spacial score (nSPS) is 15.0. The van der Waals surface area contributed by atoms with Crippen molar-refractivity contribution in [2.24, 2.45) is 0 Å². The summed E-state index contributed by atoms with van der Waals surface area (Å²) in [5.41, 5.74) is 0. The first-order valence-electron chi connectivity index (χ1n) is 3.69. The Morgan fingerprint density at radius 3 is 2.18 bits per heavy atom. The van der Waals surface area contributed by atoms with E-state index >= 15 is 0 Å². The van der Waals surface area contributed by atoms with Crippen LogP contribution in [0.4, 0.5) is 13.2 Å². The van der Waals surface area contributed by atoms with Crippen molar-refractivity contribution in [1.82, 2.24) is 0 Å². The predicted molar refractivity (Wildman–Crippen MR) is 48.0 cm³/mol. The Bertz CT molecular complexity index is 100. The van der Waals surface area contributed by atoms with Gasteiger partial charge in [0.2, 0.25) is 0 Å². The minimum atomic E-state index is -4.01. The standard InChI is InChI=1S/C7H12F3I/c1-2-3-4-5-6(11)7(8,9)10/h6H,2-5H2,1H3. The van der Waals surface area contributed by atoms with Crippen LogP contribution in [0.2, 0.25) is 0 Å². The van der Waals surface area contributed by atoms with E-state index in [2.05, 4.69) is 0 Å². The van der Waals surface area contributed by atoms with Gasteiger partial charge in [-0.25, -0.2) is 0 Å². The molecule has 11 heavy (non-hydrogen) atoms. The van der Waals surface area contributed by atoms with Gasteiger partial charge in [0.1, 0.15) is 3.92 Å². The van der Waals surface area contributed by atoms with E-state index in [0.717, 1.165) is 12.8 Å². The van der Waals surface area contributed by atoms with Gasteiger partial charge >= 0.3 is 6.18 Å². The highest BCUT2D eigenvalue weighted by molar-refractivity contribution is 14.1. The van der Waals surface area contributed by atoms with Crippen molar-refractivity contribution in [3.63, 3.8) is 0 Å². The second-order valence-electron chi connectivity index (χ2n) is 2.50. The maximum atomic E-state index is 11.9. The highest BCUT2D eigenvalue weighted by atomic mass is 127. The summed E-state index contributed by atoms with van der Waals surface area (Å²) in [4.78, 5) is 0. The molecule has 0 spiro atoms. The Kier molecular flexibility index (Phi) is 5.46. The second-order valence-corrected chi connectivity index (χ2v) is 4.01. The van der Waals surface area contributed by atoms with Crippen LogP contribution in [-0.4, -0.2) is 10.1 Å². The Morgan fingerprint density at radius 1 is 1.27 bits per heavy atom. The second kappa shape index (κ2) is 5.22. The predicted octanol–water partition coefficient (Wildman–Crippen LogP) is 3.93. The smallest absolute Gasteiger partial charge is 0.170 e. The summed E-state index contributed by atoms with van der Waals surface area (Å²) >= 11 is 1.46. The Hall–Kier alpha value is 0.520. The average Bonchev–Trinajstić information content (AvgIpc) is 1.86. The lowest BCUT2D eigenvalue weighted by Crippen LogP contribution is -2.22. The first kappa shape index (κ1) is 11.5. The minimum Gasteiger partial charge on any atom is -0.170 e. The highest BCUT2D eigenvalue weighted by Crippen LogP contribution is 2.30. The average molecular weight is 280 g/mol. The molecule has 0 heterocycles. The van der Waals surface area contributed by atoms with Gasteiger partial charge in [0.15, 0.2) is 0 Å². The van der Waals surface area contributed by atoms with E-state index in [4.69, 9.17) is 0 Å². The molecule has 0 saturated carbocycles. The molecule has 1 unspecified atom stereocenters. The number of rotatable bonds is 4. The molecular formula is C7H12F3I. The molecule has 0 aliphatic carbocycles. The molecule has 0 fully saturated rings. The number of hydrogen-bond acceptors (Lipinski definition) is 0. The molecule has 1 atom stereocenters. The topological polar surface area (TPSA) is 0 Å². The minimum absolute atomic E-state index is 0.262. The third-order valence-electron chi connectivity index (χ3n) is 1.42. The third kappa shape index (κ3) is 5.75. The van der Waals surface area contributed by atoms with Crippen molar-refractivity contribution < 1.29 is 13.2 Å². The number of halogens is 4. The molecule has 68 valence electrons. The molecule has 0 amide bonds. The summed E-state index contributed by atoms with van der Waals surface area (Å²) in [5, 5.41) is 0. The van der Waals surface area contributed by atoms with Crippen LogP contribution in [0.5, 0.6) is 0 Å². The van der Waals surface area contributed by atoms with Crippen LogP contribution < -0.4 is 0 Å². The van der Waals surface area contributed by atoms with E-state index in [1.165, 1.54) is 22.6 Å². The molecule has 0 N–H and O–H groups in total. The molecule has 0 rings (SSSR count).